The van der Waals surface area contributed by atoms with E-state index in [1.54, 1.807) is 32.4 Å². The number of aromatic amines is 1. The van der Waals surface area contributed by atoms with E-state index in [-0.39, 0.29) is 17.9 Å². The number of rotatable bonds is 6. The minimum atomic E-state index is -0.483. The predicted molar refractivity (Wildman–Crippen MR) is 115 cm³/mol. The van der Waals surface area contributed by atoms with Crippen LogP contribution in [0.4, 0.5) is 5.82 Å². The van der Waals surface area contributed by atoms with Crippen LogP contribution in [0.3, 0.4) is 0 Å². The van der Waals surface area contributed by atoms with Crippen molar-refractivity contribution >= 4 is 23.5 Å². The van der Waals surface area contributed by atoms with E-state index in [1.165, 1.54) is 11.8 Å². The first-order valence-corrected chi connectivity index (χ1v) is 10.4. The van der Waals surface area contributed by atoms with E-state index in [2.05, 4.69) is 15.3 Å². The number of thioether (sulfide) groups is 1. The molecule has 7 nitrogen and oxygen atoms in total. The highest BCUT2D eigenvalue weighted by Gasteiger charge is 2.33. The number of nitrogens with zero attached hydrogens (tertiary/aromatic N) is 1. The average Bonchev–Trinajstić information content (AvgIpc) is 2.77. The van der Waals surface area contributed by atoms with Crippen LogP contribution in [0.25, 0.3) is 0 Å². The Bertz CT molecular complexity index is 1130. The maximum Gasteiger partial charge on any atom is 0.257 e. The molecule has 0 saturated carbocycles. The Kier molecular flexibility index (Phi) is 5.76. The number of H-pyrrole nitrogens is 1. The second-order valence-corrected chi connectivity index (χ2v) is 7.78. The van der Waals surface area contributed by atoms with Crippen molar-refractivity contribution in [2.75, 3.05) is 19.5 Å². The van der Waals surface area contributed by atoms with E-state index in [4.69, 9.17) is 9.47 Å². The van der Waals surface area contributed by atoms with Crippen LogP contribution in [0.15, 0.2) is 58.5 Å². The molecule has 4 rings (SSSR count). The normalized spacial score (nSPS) is 15.3. The number of hydrogen-bond acceptors (Lipinski definition) is 6. The minimum Gasteiger partial charge on any atom is -0.497 e. The molecule has 0 unspecified atom stereocenters. The van der Waals surface area contributed by atoms with Gasteiger partial charge in [-0.2, -0.15) is 0 Å². The summed E-state index contributed by atoms with van der Waals surface area (Å²) in [5.74, 6) is 1.48. The summed E-state index contributed by atoms with van der Waals surface area (Å²) in [5.41, 5.74) is 1.98. The minimum absolute atomic E-state index is 0.123. The van der Waals surface area contributed by atoms with Crippen LogP contribution in [0, 0.1) is 0 Å². The van der Waals surface area contributed by atoms with Gasteiger partial charge in [-0.3, -0.25) is 9.59 Å². The Morgan fingerprint density at radius 1 is 1.10 bits per heavy atom. The number of anilines is 1. The first-order valence-electron chi connectivity index (χ1n) is 9.41. The number of nitrogens with one attached hydrogen (secondary N) is 2. The smallest absolute Gasteiger partial charge is 0.257 e. The molecule has 1 amide bonds. The number of benzene rings is 2. The standard InChI is InChI=1S/C22H21N3O4S/c1-28-14-8-9-17(29-2)15(10-14)16-11-18(26)23-20-19(16)21(27)25-22(24-20)30-12-13-6-4-3-5-7-13/h3-10,16H,11-12H2,1-2H3,(H2,23,24,25,26,27)/t16-/m1/s1. The van der Waals surface area contributed by atoms with E-state index in [1.807, 2.05) is 30.3 Å². The van der Waals surface area contributed by atoms with Gasteiger partial charge in [0.2, 0.25) is 5.91 Å². The molecule has 0 bridgehead atoms. The van der Waals surface area contributed by atoms with Gasteiger partial charge in [0.15, 0.2) is 5.16 Å². The van der Waals surface area contributed by atoms with Gasteiger partial charge in [0, 0.05) is 23.7 Å². The lowest BCUT2D eigenvalue weighted by atomic mass is 9.86. The molecule has 0 saturated heterocycles. The number of amides is 1. The zero-order valence-corrected chi connectivity index (χ0v) is 17.4. The van der Waals surface area contributed by atoms with Gasteiger partial charge >= 0.3 is 0 Å². The number of methoxy groups -OCH3 is 2. The van der Waals surface area contributed by atoms with Crippen LogP contribution in [0.1, 0.15) is 29.0 Å². The second kappa shape index (κ2) is 8.62. The average molecular weight is 423 g/mol. The van der Waals surface area contributed by atoms with Crippen LogP contribution in [-0.2, 0) is 10.5 Å². The molecule has 0 spiro atoms. The zero-order valence-electron chi connectivity index (χ0n) is 16.6. The quantitative estimate of drug-likeness (QED) is 0.465. The Morgan fingerprint density at radius 2 is 1.90 bits per heavy atom. The van der Waals surface area contributed by atoms with Gasteiger partial charge < -0.3 is 19.8 Å². The van der Waals surface area contributed by atoms with Crippen molar-refractivity contribution in [1.29, 1.82) is 0 Å². The highest BCUT2D eigenvalue weighted by Crippen LogP contribution is 2.40. The highest BCUT2D eigenvalue weighted by molar-refractivity contribution is 7.98. The molecule has 0 aliphatic carbocycles. The number of hydrogen-bond donors (Lipinski definition) is 2. The molecule has 1 aliphatic heterocycles. The van der Waals surface area contributed by atoms with Gasteiger partial charge in [0.1, 0.15) is 17.3 Å². The lowest BCUT2D eigenvalue weighted by molar-refractivity contribution is -0.116. The van der Waals surface area contributed by atoms with Gasteiger partial charge in [-0.25, -0.2) is 4.98 Å². The van der Waals surface area contributed by atoms with Crippen LogP contribution in [0.5, 0.6) is 11.5 Å². The van der Waals surface area contributed by atoms with Crippen molar-refractivity contribution in [3.05, 3.63) is 75.6 Å². The monoisotopic (exact) mass is 423 g/mol. The lowest BCUT2D eigenvalue weighted by Gasteiger charge is -2.26. The van der Waals surface area contributed by atoms with Crippen molar-refractivity contribution < 1.29 is 14.3 Å². The maximum absolute atomic E-state index is 13.0. The van der Waals surface area contributed by atoms with Crippen molar-refractivity contribution in [2.45, 2.75) is 23.2 Å². The summed E-state index contributed by atoms with van der Waals surface area (Å²) >= 11 is 1.41. The van der Waals surface area contributed by atoms with Crippen LogP contribution in [-0.4, -0.2) is 30.1 Å². The van der Waals surface area contributed by atoms with Crippen molar-refractivity contribution in [1.82, 2.24) is 9.97 Å². The molecule has 1 aliphatic rings. The van der Waals surface area contributed by atoms with Crippen molar-refractivity contribution in [2.24, 2.45) is 0 Å². The molecule has 0 radical (unpaired) electrons. The van der Waals surface area contributed by atoms with Crippen LogP contribution < -0.4 is 20.3 Å². The summed E-state index contributed by atoms with van der Waals surface area (Å²) in [4.78, 5) is 32.8. The summed E-state index contributed by atoms with van der Waals surface area (Å²) in [6.45, 7) is 0. The molecule has 3 aromatic rings. The fraction of sp³-hybridized carbons (Fsp3) is 0.227. The Labute approximate surface area is 177 Å². The molecule has 2 aromatic carbocycles. The molecular formula is C22H21N3O4S. The molecule has 8 heteroatoms. The van der Waals surface area contributed by atoms with Crippen LogP contribution in [0.2, 0.25) is 0 Å². The third kappa shape index (κ3) is 4.04. The van der Waals surface area contributed by atoms with E-state index in [9.17, 15) is 9.59 Å². The fourth-order valence-electron chi connectivity index (χ4n) is 3.52. The number of aromatic nitrogens is 2. The van der Waals surface area contributed by atoms with Gasteiger partial charge in [-0.1, -0.05) is 42.1 Å². The molecule has 154 valence electrons. The molecule has 30 heavy (non-hydrogen) atoms. The van der Waals surface area contributed by atoms with E-state index < -0.39 is 5.92 Å². The molecule has 2 N–H and O–H groups in total. The van der Waals surface area contributed by atoms with E-state index in [0.717, 1.165) is 5.56 Å². The second-order valence-electron chi connectivity index (χ2n) is 6.82. The third-order valence-electron chi connectivity index (χ3n) is 4.96. The summed E-state index contributed by atoms with van der Waals surface area (Å²) in [7, 11) is 3.12. The fourth-order valence-corrected chi connectivity index (χ4v) is 4.34. The van der Waals surface area contributed by atoms with Gasteiger partial charge in [0.05, 0.1) is 19.8 Å². The van der Waals surface area contributed by atoms with Gasteiger partial charge in [-0.05, 0) is 23.8 Å². The summed E-state index contributed by atoms with van der Waals surface area (Å²) in [6, 6.07) is 15.2. The number of carbonyl (C=O) groups is 1. The molecule has 0 fully saturated rings. The first kappa shape index (κ1) is 20.0. The summed E-state index contributed by atoms with van der Waals surface area (Å²) in [6.07, 6.45) is 0.123. The lowest BCUT2D eigenvalue weighted by Crippen LogP contribution is -2.31. The molecule has 2 heterocycles. The zero-order chi connectivity index (χ0) is 21.1. The Morgan fingerprint density at radius 3 is 2.63 bits per heavy atom. The summed E-state index contributed by atoms with van der Waals surface area (Å²) in [5, 5.41) is 3.21. The van der Waals surface area contributed by atoms with E-state index in [0.29, 0.717) is 39.4 Å². The third-order valence-corrected chi connectivity index (χ3v) is 5.90. The predicted octanol–water partition coefficient (Wildman–Crippen LogP) is 3.55. The number of fused-ring (bicyclic) bond motifs is 1. The molecule has 1 aromatic heterocycles. The molecular weight excluding hydrogens is 402 g/mol. The highest BCUT2D eigenvalue weighted by atomic mass is 32.2. The number of ether oxygens (including phenoxy) is 2. The Balaban J connectivity index is 1.72. The van der Waals surface area contributed by atoms with Crippen LogP contribution >= 0.6 is 11.8 Å². The number of carbonyl (C=O) groups excluding carboxylic acids is 1. The SMILES string of the molecule is COc1ccc(OC)c([C@H]2CC(=O)Nc3nc(SCc4ccccc4)[nH]c(=O)c32)c1. The van der Waals surface area contributed by atoms with Gasteiger partial charge in [-0.15, -0.1) is 0 Å². The van der Waals surface area contributed by atoms with E-state index >= 15 is 0 Å². The topological polar surface area (TPSA) is 93.3 Å². The molecule has 1 atom stereocenters. The Hall–Kier alpha value is -3.26. The van der Waals surface area contributed by atoms with Crippen molar-refractivity contribution in [3.63, 3.8) is 0 Å². The summed E-state index contributed by atoms with van der Waals surface area (Å²) < 4.78 is 10.8. The van der Waals surface area contributed by atoms with Gasteiger partial charge in [0.25, 0.3) is 5.56 Å². The first-order chi connectivity index (χ1) is 14.6. The largest absolute Gasteiger partial charge is 0.497 e. The van der Waals surface area contributed by atoms with Crippen molar-refractivity contribution in [3.8, 4) is 11.5 Å². The maximum atomic E-state index is 13.0.